The van der Waals surface area contributed by atoms with Gasteiger partial charge in [0.25, 0.3) is 0 Å². The molecule has 1 unspecified atom stereocenters. The summed E-state index contributed by atoms with van der Waals surface area (Å²) in [6.45, 7) is 4.14. The molecule has 0 fully saturated rings. The number of thioether (sulfide) groups is 1. The van der Waals surface area contributed by atoms with E-state index in [1.807, 2.05) is 0 Å². The summed E-state index contributed by atoms with van der Waals surface area (Å²) >= 11 is 4.31. The van der Waals surface area contributed by atoms with E-state index in [0.29, 0.717) is 4.47 Å². The number of nitrogens with zero attached hydrogens (tertiary/aromatic N) is 2. The molecule has 4 nitrogen and oxygen atoms in total. The lowest BCUT2D eigenvalue weighted by molar-refractivity contribution is 0.141. The number of amides is 1. The van der Waals surface area contributed by atoms with E-state index in [0.717, 1.165) is 16.7 Å². The van der Waals surface area contributed by atoms with Crippen LogP contribution in [0.2, 0.25) is 0 Å². The normalized spacial score (nSPS) is 20.7. The summed E-state index contributed by atoms with van der Waals surface area (Å²) in [5.41, 5.74) is -2.32. The molecule has 1 amide bonds. The Kier molecular flexibility index (Phi) is 5.39. The van der Waals surface area contributed by atoms with Crippen LogP contribution in [0.15, 0.2) is 39.1 Å². The minimum Gasteiger partial charge on any atom is -0.465 e. The molecule has 1 N–H and O–H groups in total. The van der Waals surface area contributed by atoms with Crippen LogP contribution in [0, 0.1) is 5.82 Å². The van der Waals surface area contributed by atoms with Crippen LogP contribution in [0.5, 0.6) is 0 Å². The average Bonchev–Trinajstić information content (AvgIpc) is 2.48. The molecule has 0 aromatic heterocycles. The molecular weight excluding hydrogens is 402 g/mol. The highest BCUT2D eigenvalue weighted by Gasteiger charge is 2.39. The number of hydrogen-bond acceptors (Lipinski definition) is 3. The molecule has 1 heterocycles. The van der Waals surface area contributed by atoms with Crippen LogP contribution in [0.4, 0.5) is 13.6 Å². The third-order valence-electron chi connectivity index (χ3n) is 3.46. The number of carboxylic acid groups (broad SMARTS) is 1. The van der Waals surface area contributed by atoms with Crippen molar-refractivity contribution in [2.24, 2.45) is 4.99 Å². The van der Waals surface area contributed by atoms with Gasteiger partial charge in [0.1, 0.15) is 18.0 Å². The summed E-state index contributed by atoms with van der Waals surface area (Å²) in [5.74, 6) is -0.604. The molecule has 0 saturated carbocycles. The zero-order chi connectivity index (χ0) is 18.1. The van der Waals surface area contributed by atoms with Crippen molar-refractivity contribution in [3.05, 3.63) is 45.5 Å². The van der Waals surface area contributed by atoms with E-state index < -0.39 is 29.7 Å². The van der Waals surface area contributed by atoms with Crippen molar-refractivity contribution < 1.29 is 18.7 Å². The molecule has 1 aliphatic heterocycles. The van der Waals surface area contributed by atoms with Crippen LogP contribution in [-0.2, 0) is 5.54 Å². The molecule has 2 rings (SSSR count). The molecule has 0 aliphatic carbocycles. The van der Waals surface area contributed by atoms with Gasteiger partial charge in [0, 0.05) is 15.6 Å². The smallest absolute Gasteiger partial charge is 0.413 e. The molecular formula is C16H17BrF2N2O2S. The zero-order valence-corrected chi connectivity index (χ0v) is 15.8. The van der Waals surface area contributed by atoms with Crippen LogP contribution in [0.25, 0.3) is 0 Å². The summed E-state index contributed by atoms with van der Waals surface area (Å²) in [4.78, 5) is 17.0. The van der Waals surface area contributed by atoms with Crippen molar-refractivity contribution in [3.63, 3.8) is 0 Å². The second-order valence-corrected chi connectivity index (χ2v) is 8.07. The van der Waals surface area contributed by atoms with Gasteiger partial charge in [-0.25, -0.2) is 18.6 Å². The molecule has 8 heteroatoms. The van der Waals surface area contributed by atoms with Gasteiger partial charge < -0.3 is 5.11 Å². The lowest BCUT2D eigenvalue weighted by Gasteiger charge is -2.36. The molecule has 130 valence electrons. The Morgan fingerprint density at radius 1 is 1.46 bits per heavy atom. The van der Waals surface area contributed by atoms with Crippen molar-refractivity contribution >= 4 is 39.0 Å². The predicted octanol–water partition coefficient (Wildman–Crippen LogP) is 5.15. The van der Waals surface area contributed by atoms with E-state index in [4.69, 9.17) is 0 Å². The molecule has 0 saturated heterocycles. The molecule has 1 aromatic carbocycles. The number of rotatable bonds is 2. The maximum Gasteiger partial charge on any atom is 0.413 e. The van der Waals surface area contributed by atoms with Gasteiger partial charge in [-0.05, 0) is 50.5 Å². The van der Waals surface area contributed by atoms with Gasteiger partial charge >= 0.3 is 6.09 Å². The number of halogens is 3. The molecule has 0 spiro atoms. The fraction of sp³-hybridized carbons (Fsp3) is 0.375. The molecule has 1 aromatic rings. The van der Waals surface area contributed by atoms with E-state index in [1.54, 1.807) is 26.2 Å². The average molecular weight is 419 g/mol. The highest BCUT2D eigenvalue weighted by molar-refractivity contribution is 9.10. The molecule has 1 atom stereocenters. The number of amidine groups is 1. The van der Waals surface area contributed by atoms with Crippen LogP contribution in [0.3, 0.4) is 0 Å². The Balaban J connectivity index is 2.61. The third-order valence-corrected chi connectivity index (χ3v) is 4.71. The predicted molar refractivity (Wildman–Crippen MR) is 95.5 cm³/mol. The minimum atomic E-state index is -1.59. The monoisotopic (exact) mass is 418 g/mol. The van der Waals surface area contributed by atoms with E-state index in [9.17, 15) is 18.7 Å². The molecule has 24 heavy (non-hydrogen) atoms. The standard InChI is InChI=1S/C16H17BrF2N2O2S/c1-15(2,3)21(14(22)23)13-20-16(9-18,6-7-24-13)11-8-10(17)4-5-12(11)19/h4-8H,9H2,1-3H3,(H,22,23). The summed E-state index contributed by atoms with van der Waals surface area (Å²) in [5, 5.41) is 11.2. The highest BCUT2D eigenvalue weighted by atomic mass is 79.9. The quantitative estimate of drug-likeness (QED) is 0.722. The lowest BCUT2D eigenvalue weighted by atomic mass is 9.91. The van der Waals surface area contributed by atoms with E-state index in [2.05, 4.69) is 20.9 Å². The van der Waals surface area contributed by atoms with Gasteiger partial charge in [0.05, 0.1) is 0 Å². The Morgan fingerprint density at radius 3 is 2.67 bits per heavy atom. The van der Waals surface area contributed by atoms with Gasteiger partial charge in [-0.3, -0.25) is 4.90 Å². The zero-order valence-electron chi connectivity index (χ0n) is 13.4. The van der Waals surface area contributed by atoms with Crippen LogP contribution in [-0.4, -0.2) is 33.5 Å². The maximum atomic E-state index is 14.3. The first-order chi connectivity index (χ1) is 11.1. The summed E-state index contributed by atoms with van der Waals surface area (Å²) in [7, 11) is 0. The first-order valence-electron chi connectivity index (χ1n) is 7.09. The molecule has 0 bridgehead atoms. The largest absolute Gasteiger partial charge is 0.465 e. The Bertz CT molecular complexity index is 719. The van der Waals surface area contributed by atoms with E-state index in [-0.39, 0.29) is 10.7 Å². The van der Waals surface area contributed by atoms with Gasteiger partial charge in [-0.2, -0.15) is 0 Å². The van der Waals surface area contributed by atoms with Gasteiger partial charge in [0.15, 0.2) is 5.17 Å². The summed E-state index contributed by atoms with van der Waals surface area (Å²) < 4.78 is 28.8. The van der Waals surface area contributed by atoms with Crippen LogP contribution >= 0.6 is 27.7 Å². The van der Waals surface area contributed by atoms with Crippen molar-refractivity contribution in [1.82, 2.24) is 4.90 Å². The van der Waals surface area contributed by atoms with E-state index >= 15 is 0 Å². The second-order valence-electron chi connectivity index (χ2n) is 6.29. The maximum absolute atomic E-state index is 14.3. The number of benzene rings is 1. The van der Waals surface area contributed by atoms with Crippen molar-refractivity contribution in [2.45, 2.75) is 31.8 Å². The Labute approximate surface area is 151 Å². The van der Waals surface area contributed by atoms with Gasteiger partial charge in [0.2, 0.25) is 0 Å². The number of alkyl halides is 1. The Morgan fingerprint density at radius 2 is 2.12 bits per heavy atom. The SMILES string of the molecule is CC(C)(C)N(C(=O)O)C1=NC(CF)(c2cc(Br)ccc2F)C=CS1. The van der Waals surface area contributed by atoms with Crippen LogP contribution < -0.4 is 0 Å². The Hall–Kier alpha value is -1.41. The topological polar surface area (TPSA) is 52.9 Å². The third kappa shape index (κ3) is 3.64. The van der Waals surface area contributed by atoms with Crippen molar-refractivity contribution in [2.75, 3.05) is 6.67 Å². The van der Waals surface area contributed by atoms with Crippen molar-refractivity contribution in [3.8, 4) is 0 Å². The van der Waals surface area contributed by atoms with E-state index in [1.165, 1.54) is 24.3 Å². The first-order valence-corrected chi connectivity index (χ1v) is 8.77. The lowest BCUT2D eigenvalue weighted by Crippen LogP contribution is -2.49. The highest BCUT2D eigenvalue weighted by Crippen LogP contribution is 2.38. The van der Waals surface area contributed by atoms with Gasteiger partial charge in [-0.1, -0.05) is 27.7 Å². The number of aliphatic imine (C=N–C) groups is 1. The summed E-state index contributed by atoms with van der Waals surface area (Å²) in [6, 6.07) is 4.19. The van der Waals surface area contributed by atoms with Crippen LogP contribution in [0.1, 0.15) is 26.3 Å². The summed E-state index contributed by atoms with van der Waals surface area (Å²) in [6.07, 6.45) is 0.251. The first kappa shape index (κ1) is 18.9. The number of carbonyl (C=O) groups is 1. The van der Waals surface area contributed by atoms with Gasteiger partial charge in [-0.15, -0.1) is 0 Å². The minimum absolute atomic E-state index is 0.0488. The van der Waals surface area contributed by atoms with Crippen molar-refractivity contribution in [1.29, 1.82) is 0 Å². The fourth-order valence-corrected chi connectivity index (χ4v) is 3.77. The second kappa shape index (κ2) is 6.84. The molecule has 1 aliphatic rings. The fourth-order valence-electron chi connectivity index (χ4n) is 2.33. The number of hydrogen-bond donors (Lipinski definition) is 1. The molecule has 0 radical (unpaired) electrons.